The van der Waals surface area contributed by atoms with Crippen LogP contribution in [0.15, 0.2) is 54.6 Å². The SMILES string of the molecule is O=C(NC[C@@H]1[C@H]2Cc3ccccc3[C@@H]12)N[C@H](CO)c1ccccc1. The molecular weight excluding hydrogens is 300 g/mol. The fourth-order valence-electron chi connectivity index (χ4n) is 4.10. The van der Waals surface area contributed by atoms with Gasteiger partial charge in [0.1, 0.15) is 0 Å². The second-order valence-electron chi connectivity index (χ2n) is 6.76. The highest BCUT2D eigenvalue weighted by Crippen LogP contribution is 2.60. The number of fused-ring (bicyclic) bond motifs is 3. The molecule has 0 heterocycles. The zero-order valence-electron chi connectivity index (χ0n) is 13.5. The lowest BCUT2D eigenvalue weighted by Gasteiger charge is -2.17. The predicted octanol–water partition coefficient (Wildman–Crippen LogP) is 2.61. The monoisotopic (exact) mass is 322 g/mol. The van der Waals surface area contributed by atoms with Crippen LogP contribution in [0, 0.1) is 11.8 Å². The standard InChI is InChI=1S/C20H22N2O2/c23-12-18(13-6-2-1-3-7-13)22-20(24)21-11-17-16-10-14-8-4-5-9-15(14)19(16)17/h1-9,16-19,23H,10-12H2,(H2,21,22,24)/t16-,17-,18-,19-/m1/s1. The Morgan fingerprint density at radius 3 is 2.67 bits per heavy atom. The number of nitrogens with one attached hydrogen (secondary N) is 2. The van der Waals surface area contributed by atoms with Gasteiger partial charge in [-0.25, -0.2) is 4.79 Å². The third-order valence-corrected chi connectivity index (χ3v) is 5.39. The summed E-state index contributed by atoms with van der Waals surface area (Å²) in [6, 6.07) is 17.6. The largest absolute Gasteiger partial charge is 0.394 e. The molecule has 2 aromatic rings. The summed E-state index contributed by atoms with van der Waals surface area (Å²) in [4.78, 5) is 12.1. The van der Waals surface area contributed by atoms with Crippen molar-refractivity contribution in [3.8, 4) is 0 Å². The maximum atomic E-state index is 12.1. The molecule has 0 unspecified atom stereocenters. The second kappa shape index (κ2) is 6.29. The van der Waals surface area contributed by atoms with Crippen molar-refractivity contribution in [1.82, 2.24) is 10.6 Å². The Bertz CT molecular complexity index is 731. The Hall–Kier alpha value is -2.33. The van der Waals surface area contributed by atoms with Crippen LogP contribution in [0.4, 0.5) is 4.79 Å². The number of hydrogen-bond acceptors (Lipinski definition) is 2. The average molecular weight is 322 g/mol. The van der Waals surface area contributed by atoms with Crippen molar-refractivity contribution in [3.05, 3.63) is 71.3 Å². The molecular formula is C20H22N2O2. The first kappa shape index (κ1) is 15.2. The van der Waals surface area contributed by atoms with E-state index in [0.29, 0.717) is 24.3 Å². The molecule has 0 saturated heterocycles. The van der Waals surface area contributed by atoms with Crippen molar-refractivity contribution < 1.29 is 9.90 Å². The van der Waals surface area contributed by atoms with E-state index in [1.165, 1.54) is 11.1 Å². The number of amides is 2. The van der Waals surface area contributed by atoms with Crippen LogP contribution in [-0.2, 0) is 6.42 Å². The van der Waals surface area contributed by atoms with Gasteiger partial charge in [0.2, 0.25) is 0 Å². The normalized spacial score (nSPS) is 24.6. The van der Waals surface area contributed by atoms with E-state index >= 15 is 0 Å². The first-order chi connectivity index (χ1) is 11.8. The highest BCUT2D eigenvalue weighted by Gasteiger charge is 2.54. The average Bonchev–Trinajstić information content (AvgIpc) is 3.17. The lowest BCUT2D eigenvalue weighted by Crippen LogP contribution is -2.40. The van der Waals surface area contributed by atoms with Crippen LogP contribution in [0.3, 0.4) is 0 Å². The molecule has 2 aromatic carbocycles. The number of aliphatic hydroxyl groups excluding tert-OH is 1. The molecule has 124 valence electrons. The zero-order valence-corrected chi connectivity index (χ0v) is 13.5. The highest BCUT2D eigenvalue weighted by molar-refractivity contribution is 5.74. The molecule has 1 fully saturated rings. The molecule has 2 amide bonds. The molecule has 0 bridgehead atoms. The van der Waals surface area contributed by atoms with Gasteiger partial charge < -0.3 is 15.7 Å². The van der Waals surface area contributed by atoms with Gasteiger partial charge in [-0.15, -0.1) is 0 Å². The van der Waals surface area contributed by atoms with E-state index in [2.05, 4.69) is 34.9 Å². The van der Waals surface area contributed by atoms with Crippen LogP contribution in [0.1, 0.15) is 28.7 Å². The van der Waals surface area contributed by atoms with Crippen molar-refractivity contribution in [1.29, 1.82) is 0 Å². The lowest BCUT2D eigenvalue weighted by molar-refractivity contribution is 0.216. The van der Waals surface area contributed by atoms with Crippen LogP contribution in [-0.4, -0.2) is 24.3 Å². The van der Waals surface area contributed by atoms with Crippen molar-refractivity contribution in [2.75, 3.05) is 13.2 Å². The van der Waals surface area contributed by atoms with Gasteiger partial charge >= 0.3 is 6.03 Å². The van der Waals surface area contributed by atoms with Gasteiger partial charge in [-0.2, -0.15) is 0 Å². The minimum atomic E-state index is -0.370. The number of aliphatic hydroxyl groups is 1. The summed E-state index contributed by atoms with van der Waals surface area (Å²) in [5.74, 6) is 1.85. The summed E-state index contributed by atoms with van der Waals surface area (Å²) >= 11 is 0. The Kier molecular flexibility index (Phi) is 3.98. The van der Waals surface area contributed by atoms with Gasteiger partial charge in [-0.1, -0.05) is 54.6 Å². The van der Waals surface area contributed by atoms with Crippen molar-refractivity contribution in [2.24, 2.45) is 11.8 Å². The summed E-state index contributed by atoms with van der Waals surface area (Å²) in [5, 5.41) is 15.3. The third kappa shape index (κ3) is 2.78. The molecule has 4 atom stereocenters. The smallest absolute Gasteiger partial charge is 0.315 e. The number of urea groups is 1. The molecule has 0 aromatic heterocycles. The number of benzene rings is 2. The van der Waals surface area contributed by atoms with E-state index in [1.54, 1.807) is 0 Å². The fourth-order valence-corrected chi connectivity index (χ4v) is 4.10. The third-order valence-electron chi connectivity index (χ3n) is 5.39. The van der Waals surface area contributed by atoms with Gasteiger partial charge in [-0.05, 0) is 40.9 Å². The van der Waals surface area contributed by atoms with Crippen LogP contribution < -0.4 is 10.6 Å². The van der Waals surface area contributed by atoms with E-state index in [1.807, 2.05) is 30.3 Å². The van der Waals surface area contributed by atoms with Crippen LogP contribution in [0.25, 0.3) is 0 Å². The van der Waals surface area contributed by atoms with Gasteiger partial charge in [-0.3, -0.25) is 0 Å². The summed E-state index contributed by atoms with van der Waals surface area (Å²) in [7, 11) is 0. The van der Waals surface area contributed by atoms with E-state index in [9.17, 15) is 9.90 Å². The van der Waals surface area contributed by atoms with Gasteiger partial charge in [0.25, 0.3) is 0 Å². The zero-order chi connectivity index (χ0) is 16.5. The van der Waals surface area contributed by atoms with E-state index in [-0.39, 0.29) is 18.7 Å². The fraction of sp³-hybridized carbons (Fsp3) is 0.350. The van der Waals surface area contributed by atoms with Gasteiger partial charge in [0.15, 0.2) is 0 Å². The molecule has 2 aliphatic carbocycles. The number of hydrogen-bond donors (Lipinski definition) is 3. The summed E-state index contributed by atoms with van der Waals surface area (Å²) in [6.07, 6.45) is 1.14. The van der Waals surface area contributed by atoms with E-state index < -0.39 is 0 Å². The Balaban J connectivity index is 1.29. The van der Waals surface area contributed by atoms with Gasteiger partial charge in [0, 0.05) is 6.54 Å². The Labute approximate surface area is 141 Å². The van der Waals surface area contributed by atoms with Gasteiger partial charge in [0.05, 0.1) is 12.6 Å². The minimum Gasteiger partial charge on any atom is -0.394 e. The maximum absolute atomic E-state index is 12.1. The molecule has 4 nitrogen and oxygen atoms in total. The van der Waals surface area contributed by atoms with Crippen LogP contribution in [0.5, 0.6) is 0 Å². The second-order valence-corrected chi connectivity index (χ2v) is 6.76. The topological polar surface area (TPSA) is 61.4 Å². The first-order valence-corrected chi connectivity index (χ1v) is 8.56. The number of carbonyl (C=O) groups excluding carboxylic acids is 1. The molecule has 4 rings (SSSR count). The summed E-state index contributed by atoms with van der Waals surface area (Å²) < 4.78 is 0. The molecule has 1 saturated carbocycles. The Morgan fingerprint density at radius 2 is 1.88 bits per heavy atom. The molecule has 4 heteroatoms. The first-order valence-electron chi connectivity index (χ1n) is 8.56. The number of rotatable bonds is 5. The number of carbonyl (C=O) groups is 1. The quantitative estimate of drug-likeness (QED) is 0.792. The van der Waals surface area contributed by atoms with Crippen LogP contribution >= 0.6 is 0 Å². The van der Waals surface area contributed by atoms with Crippen LogP contribution in [0.2, 0.25) is 0 Å². The minimum absolute atomic E-state index is 0.112. The molecule has 0 spiro atoms. The molecule has 0 radical (unpaired) electrons. The molecule has 24 heavy (non-hydrogen) atoms. The van der Waals surface area contributed by atoms with E-state index in [4.69, 9.17) is 0 Å². The molecule has 2 aliphatic rings. The van der Waals surface area contributed by atoms with Crippen molar-refractivity contribution >= 4 is 6.03 Å². The van der Waals surface area contributed by atoms with E-state index in [0.717, 1.165) is 12.0 Å². The lowest BCUT2D eigenvalue weighted by atomic mass is 10.0. The van der Waals surface area contributed by atoms with Crippen molar-refractivity contribution in [2.45, 2.75) is 18.4 Å². The summed E-state index contributed by atoms with van der Waals surface area (Å²) in [5.41, 5.74) is 3.84. The van der Waals surface area contributed by atoms with Crippen molar-refractivity contribution in [3.63, 3.8) is 0 Å². The molecule has 3 N–H and O–H groups in total. The predicted molar refractivity (Wildman–Crippen MR) is 92.7 cm³/mol. The summed E-state index contributed by atoms with van der Waals surface area (Å²) in [6.45, 7) is 0.585. The Morgan fingerprint density at radius 1 is 1.12 bits per heavy atom. The maximum Gasteiger partial charge on any atom is 0.315 e. The molecule has 0 aliphatic heterocycles. The highest BCUT2D eigenvalue weighted by atomic mass is 16.3.